The lowest BCUT2D eigenvalue weighted by Gasteiger charge is -2.23. The van der Waals surface area contributed by atoms with E-state index >= 15 is 0 Å². The maximum Gasteiger partial charge on any atom is 0.251 e. The molecule has 1 atom stereocenters. The molecule has 47 heavy (non-hydrogen) atoms. The molecule has 16 nitrogen and oxygen atoms in total. The minimum atomic E-state index is -3.67. The molecule has 0 radical (unpaired) electrons. The van der Waals surface area contributed by atoms with E-state index in [0.29, 0.717) is 22.3 Å². The molecule has 252 valence electrons. The van der Waals surface area contributed by atoms with Gasteiger partial charge < -0.3 is 21.3 Å². The van der Waals surface area contributed by atoms with Crippen LogP contribution in [0.4, 0.5) is 0 Å². The van der Waals surface area contributed by atoms with E-state index in [1.165, 1.54) is 36.9 Å². The minimum Gasteiger partial charge on any atom is -0.352 e. The lowest BCUT2D eigenvalue weighted by atomic mass is 9.98. The summed E-state index contributed by atoms with van der Waals surface area (Å²) in [5.74, 6) is -2.50. The van der Waals surface area contributed by atoms with Gasteiger partial charge in [0, 0.05) is 60.0 Å². The minimum absolute atomic E-state index is 0.0679. The summed E-state index contributed by atoms with van der Waals surface area (Å²) >= 11 is 0. The van der Waals surface area contributed by atoms with Gasteiger partial charge in [-0.1, -0.05) is 13.8 Å². The van der Waals surface area contributed by atoms with Crippen LogP contribution < -0.4 is 21.3 Å². The molecule has 0 spiro atoms. The van der Waals surface area contributed by atoms with Gasteiger partial charge in [0.05, 0.1) is 13.1 Å². The van der Waals surface area contributed by atoms with E-state index in [0.717, 1.165) is 12.5 Å². The van der Waals surface area contributed by atoms with Crippen molar-refractivity contribution in [3.63, 3.8) is 0 Å². The highest BCUT2D eigenvalue weighted by molar-refractivity contribution is 7.90. The van der Waals surface area contributed by atoms with Crippen molar-refractivity contribution in [2.24, 2.45) is 5.92 Å². The Morgan fingerprint density at radius 3 is 1.49 bits per heavy atom. The van der Waals surface area contributed by atoms with Crippen LogP contribution in [0.15, 0.2) is 53.3 Å². The van der Waals surface area contributed by atoms with Gasteiger partial charge in [0.25, 0.3) is 5.91 Å². The monoisotopic (exact) mass is 688 g/mol. The number of hydrogen-bond acceptors (Lipinski definition) is 12. The van der Waals surface area contributed by atoms with Crippen molar-refractivity contribution in [2.75, 3.05) is 25.6 Å². The van der Waals surface area contributed by atoms with Crippen LogP contribution >= 0.6 is 0 Å². The topological polar surface area (TPSA) is 236 Å². The Labute approximate surface area is 272 Å². The number of carbonyl (C=O) groups excluding carboxylic acids is 4. The van der Waals surface area contributed by atoms with Crippen molar-refractivity contribution in [3.05, 3.63) is 48.5 Å². The summed E-state index contributed by atoms with van der Waals surface area (Å²) in [6.45, 7) is 6.21. The predicted octanol–water partition coefficient (Wildman–Crippen LogP) is -0.0810. The summed E-state index contributed by atoms with van der Waals surface area (Å²) in [5, 5.41) is 9.41. The van der Waals surface area contributed by atoms with Gasteiger partial charge in [-0.2, -0.15) is 0 Å². The molecule has 0 aliphatic carbocycles. The first kappa shape index (κ1) is 36.6. The molecule has 0 fully saturated rings. The molecule has 0 aliphatic rings. The van der Waals surface area contributed by atoms with E-state index in [2.05, 4.69) is 41.2 Å². The fourth-order valence-electron chi connectivity index (χ4n) is 4.04. The zero-order chi connectivity index (χ0) is 35.1. The van der Waals surface area contributed by atoms with Crippen molar-refractivity contribution < 1.29 is 36.0 Å². The average Bonchev–Trinajstić information content (AvgIpc) is 3.00. The Bertz CT molecular complexity index is 1770. The van der Waals surface area contributed by atoms with E-state index in [9.17, 15) is 36.0 Å². The molecular weight excluding hydrogens is 653 g/mol. The number of aromatic nitrogens is 4. The molecule has 0 saturated heterocycles. The van der Waals surface area contributed by atoms with Crippen molar-refractivity contribution in [3.8, 4) is 22.3 Å². The molecule has 3 aromatic rings. The third-order valence-corrected chi connectivity index (χ3v) is 8.08. The Morgan fingerprint density at radius 2 is 1.09 bits per heavy atom. The molecular formula is C29H36N8O8S2. The number of amides is 4. The van der Waals surface area contributed by atoms with Gasteiger partial charge in [0.1, 0.15) is 6.04 Å². The number of nitrogens with one attached hydrogen (secondary N) is 4. The van der Waals surface area contributed by atoms with Crippen LogP contribution in [-0.4, -0.2) is 98.1 Å². The number of rotatable bonds is 13. The van der Waals surface area contributed by atoms with Gasteiger partial charge >= 0.3 is 0 Å². The first-order chi connectivity index (χ1) is 21.8. The molecule has 4 N–H and O–H groups in total. The zero-order valence-electron chi connectivity index (χ0n) is 26.6. The molecule has 18 heteroatoms. The van der Waals surface area contributed by atoms with E-state index < -0.39 is 66.8 Å². The van der Waals surface area contributed by atoms with Crippen molar-refractivity contribution in [1.29, 1.82) is 0 Å². The highest BCUT2D eigenvalue weighted by Gasteiger charge is 2.25. The Hall–Kier alpha value is -4.84. The number of carbonyl (C=O) groups is 4. The standard InChI is InChI=1S/C29H36N8O8S2/c1-16(2)25(27(41)36-17(3)4)37-24(39)15-30-23(38)14-31-26(40)20-8-18(21-10-32-28(33-11-21)46(5,42)43)7-19(9-20)22-12-34-29(35-13-22)47(6,44)45/h7-13,16-17,25H,14-15H2,1-6H3,(H,30,38)(H,31,40)(H,36,41)(H,37,39)/t25-/m0/s1. The number of hydrogen-bond donors (Lipinski definition) is 4. The van der Waals surface area contributed by atoms with Crippen molar-refractivity contribution in [2.45, 2.75) is 50.1 Å². The molecule has 3 rings (SSSR count). The lowest BCUT2D eigenvalue weighted by Crippen LogP contribution is -2.53. The number of sulfone groups is 2. The maximum absolute atomic E-state index is 13.2. The van der Waals surface area contributed by atoms with E-state index in [1.807, 2.05) is 0 Å². The van der Waals surface area contributed by atoms with E-state index in [-0.39, 0.29) is 23.4 Å². The summed E-state index contributed by atoms with van der Waals surface area (Å²) in [4.78, 5) is 66.0. The van der Waals surface area contributed by atoms with Crippen LogP contribution in [0.25, 0.3) is 22.3 Å². The van der Waals surface area contributed by atoms with Crippen molar-refractivity contribution >= 4 is 43.3 Å². The van der Waals surface area contributed by atoms with Gasteiger partial charge in [-0.05, 0) is 49.1 Å². The zero-order valence-corrected chi connectivity index (χ0v) is 28.2. The van der Waals surface area contributed by atoms with Gasteiger partial charge in [-0.3, -0.25) is 19.2 Å². The van der Waals surface area contributed by atoms with E-state index in [1.54, 1.807) is 33.8 Å². The van der Waals surface area contributed by atoms with Crippen LogP contribution in [0.5, 0.6) is 0 Å². The molecule has 2 aromatic heterocycles. The quantitative estimate of drug-likeness (QED) is 0.173. The Balaban J connectivity index is 1.78. The average molecular weight is 689 g/mol. The van der Waals surface area contributed by atoms with Gasteiger partial charge in [0.2, 0.25) is 47.7 Å². The molecule has 1 aromatic carbocycles. The third-order valence-electron chi connectivity index (χ3n) is 6.33. The second-order valence-corrected chi connectivity index (χ2v) is 15.1. The molecule has 0 bridgehead atoms. The Morgan fingerprint density at radius 1 is 0.638 bits per heavy atom. The maximum atomic E-state index is 13.2. The van der Waals surface area contributed by atoms with Gasteiger partial charge in [0.15, 0.2) is 0 Å². The smallest absolute Gasteiger partial charge is 0.251 e. The van der Waals surface area contributed by atoms with Gasteiger partial charge in [-0.15, -0.1) is 0 Å². The highest BCUT2D eigenvalue weighted by Crippen LogP contribution is 2.28. The first-order valence-corrected chi connectivity index (χ1v) is 18.0. The second-order valence-electron chi connectivity index (χ2n) is 11.3. The fourth-order valence-corrected chi connectivity index (χ4v) is 5.02. The summed E-state index contributed by atoms with van der Waals surface area (Å²) in [6.07, 6.45) is 6.99. The predicted molar refractivity (Wildman–Crippen MR) is 170 cm³/mol. The molecule has 0 aliphatic heterocycles. The first-order valence-electron chi connectivity index (χ1n) is 14.2. The van der Waals surface area contributed by atoms with Crippen LogP contribution in [0, 0.1) is 5.92 Å². The molecule has 2 heterocycles. The molecule has 0 unspecified atom stereocenters. The largest absolute Gasteiger partial charge is 0.352 e. The number of benzene rings is 1. The summed E-state index contributed by atoms with van der Waals surface area (Å²) in [7, 11) is -7.34. The molecule has 4 amide bonds. The van der Waals surface area contributed by atoms with Crippen LogP contribution in [-0.2, 0) is 34.1 Å². The fraction of sp³-hybridized carbons (Fsp3) is 0.379. The van der Waals surface area contributed by atoms with Crippen LogP contribution in [0.3, 0.4) is 0 Å². The summed E-state index contributed by atoms with van der Waals surface area (Å²) in [6, 6.07) is 3.62. The van der Waals surface area contributed by atoms with Gasteiger partial charge in [-0.25, -0.2) is 36.8 Å². The SMILES string of the molecule is CC(C)NC(=O)[C@@H](NC(=O)CNC(=O)CNC(=O)c1cc(-c2cnc(S(C)(=O)=O)nc2)cc(-c2cnc(S(C)(=O)=O)nc2)c1)C(C)C. The van der Waals surface area contributed by atoms with Crippen LogP contribution in [0.2, 0.25) is 0 Å². The number of nitrogens with zero attached hydrogens (tertiary/aromatic N) is 4. The highest BCUT2D eigenvalue weighted by atomic mass is 32.2. The summed E-state index contributed by atoms with van der Waals surface area (Å²) < 4.78 is 47.2. The van der Waals surface area contributed by atoms with Crippen LogP contribution in [0.1, 0.15) is 38.1 Å². The van der Waals surface area contributed by atoms with Crippen molar-refractivity contribution in [1.82, 2.24) is 41.2 Å². The third kappa shape index (κ3) is 10.6. The Kier molecular flexibility index (Phi) is 11.8. The second kappa shape index (κ2) is 15.2. The lowest BCUT2D eigenvalue weighted by molar-refractivity contribution is -0.130. The van der Waals surface area contributed by atoms with E-state index in [4.69, 9.17) is 0 Å². The molecule has 0 saturated carbocycles. The normalized spacial score (nSPS) is 12.3. The summed E-state index contributed by atoms with van der Waals surface area (Å²) in [5.41, 5.74) is 1.56.